The third kappa shape index (κ3) is 2.69. The Labute approximate surface area is 114 Å². The molecule has 0 amide bonds. The van der Waals surface area contributed by atoms with Crippen LogP contribution in [-0.4, -0.2) is 36.2 Å². The number of rotatable bonds is 2. The first kappa shape index (κ1) is 14.9. The first-order chi connectivity index (χ1) is 9.00. The summed E-state index contributed by atoms with van der Waals surface area (Å²) in [5.74, 6) is -0.603. The summed E-state index contributed by atoms with van der Waals surface area (Å²) >= 11 is 0. The molecule has 10 heteroatoms. The van der Waals surface area contributed by atoms with E-state index in [1.54, 1.807) is 0 Å². The van der Waals surface area contributed by atoms with Crippen LogP contribution in [0.1, 0.15) is 23.7 Å². The van der Waals surface area contributed by atoms with E-state index >= 15 is 0 Å². The molecule has 1 atom stereocenters. The normalized spacial score (nSPS) is 19.4. The average molecular weight is 322 g/mol. The Morgan fingerprint density at radius 1 is 1.05 bits per heavy atom. The van der Waals surface area contributed by atoms with Crippen molar-refractivity contribution in [1.82, 2.24) is 0 Å². The molecule has 0 fully saturated rings. The van der Waals surface area contributed by atoms with Crippen molar-refractivity contribution in [2.24, 2.45) is 0 Å². The van der Waals surface area contributed by atoms with Gasteiger partial charge in [0.15, 0.2) is 0 Å². The molecule has 1 aliphatic carbocycles. The number of phenols is 1. The Kier molecular flexibility index (Phi) is 3.38. The van der Waals surface area contributed by atoms with E-state index in [4.69, 9.17) is 9.11 Å². The van der Waals surface area contributed by atoms with Gasteiger partial charge in [0.25, 0.3) is 20.2 Å². The molecule has 20 heavy (non-hydrogen) atoms. The molecule has 4 N–H and O–H groups in total. The van der Waals surface area contributed by atoms with E-state index in [9.17, 15) is 27.0 Å². The van der Waals surface area contributed by atoms with Crippen molar-refractivity contribution < 1.29 is 36.2 Å². The Balaban J connectivity index is 2.75. The highest BCUT2D eigenvalue weighted by Crippen LogP contribution is 2.40. The summed E-state index contributed by atoms with van der Waals surface area (Å²) in [7, 11) is -9.17. The zero-order valence-corrected chi connectivity index (χ0v) is 11.4. The number of aromatic hydroxyl groups is 1. The third-order valence-corrected chi connectivity index (χ3v) is 4.62. The summed E-state index contributed by atoms with van der Waals surface area (Å²) in [6.07, 6.45) is -0.960. The van der Waals surface area contributed by atoms with Gasteiger partial charge < -0.3 is 10.2 Å². The van der Waals surface area contributed by atoms with Crippen molar-refractivity contribution >= 4 is 26.3 Å². The lowest BCUT2D eigenvalue weighted by atomic mass is 9.94. The second-order valence-corrected chi connectivity index (χ2v) is 7.12. The molecule has 8 nitrogen and oxygen atoms in total. The Morgan fingerprint density at radius 3 is 2.15 bits per heavy atom. The van der Waals surface area contributed by atoms with E-state index in [-0.39, 0.29) is 11.1 Å². The first-order valence-electron chi connectivity index (χ1n) is 5.20. The van der Waals surface area contributed by atoms with Gasteiger partial charge in [-0.1, -0.05) is 0 Å². The number of fused-ring (bicyclic) bond motifs is 1. The summed E-state index contributed by atoms with van der Waals surface area (Å²) in [6.45, 7) is 0. The lowest BCUT2D eigenvalue weighted by molar-refractivity contribution is 0.174. The molecule has 1 aromatic carbocycles. The SMILES string of the molecule is O=S(=O)(O)C1=Cc2cc(S(=O)(=O)O)cc(O)c2C(O)C1. The summed E-state index contributed by atoms with van der Waals surface area (Å²) in [4.78, 5) is -1.18. The van der Waals surface area contributed by atoms with Gasteiger partial charge in [-0.15, -0.1) is 0 Å². The molecule has 2 rings (SSSR count). The van der Waals surface area contributed by atoms with Crippen LogP contribution < -0.4 is 0 Å². The highest BCUT2D eigenvalue weighted by Gasteiger charge is 2.29. The second-order valence-electron chi connectivity index (χ2n) is 4.23. The van der Waals surface area contributed by atoms with Gasteiger partial charge in [0, 0.05) is 18.1 Å². The lowest BCUT2D eigenvalue weighted by Gasteiger charge is -2.21. The molecule has 0 heterocycles. The molecule has 1 aliphatic rings. The fourth-order valence-corrected chi connectivity index (χ4v) is 3.15. The van der Waals surface area contributed by atoms with Crippen LogP contribution >= 0.6 is 0 Å². The van der Waals surface area contributed by atoms with Gasteiger partial charge in [0.2, 0.25) is 0 Å². The van der Waals surface area contributed by atoms with Crippen LogP contribution in [0.2, 0.25) is 0 Å². The van der Waals surface area contributed by atoms with E-state index < -0.39 is 48.3 Å². The molecule has 0 aliphatic heterocycles. The maximum absolute atomic E-state index is 11.1. The number of aliphatic hydroxyl groups excluding tert-OH is 1. The highest BCUT2D eigenvalue weighted by atomic mass is 32.2. The van der Waals surface area contributed by atoms with Crippen LogP contribution in [-0.2, 0) is 20.2 Å². The van der Waals surface area contributed by atoms with Crippen molar-refractivity contribution in [3.05, 3.63) is 28.2 Å². The summed E-state index contributed by atoms with van der Waals surface area (Å²) in [6, 6.07) is 1.63. The molecule has 0 saturated heterocycles. The topological polar surface area (TPSA) is 149 Å². The predicted octanol–water partition coefficient (Wildman–Crippen LogP) is 0.305. The minimum Gasteiger partial charge on any atom is -0.508 e. The van der Waals surface area contributed by atoms with Crippen LogP contribution in [0.15, 0.2) is 21.9 Å². The quantitative estimate of drug-likeness (QED) is 0.568. The first-order valence-corrected chi connectivity index (χ1v) is 8.08. The fourth-order valence-electron chi connectivity index (χ4n) is 1.97. The smallest absolute Gasteiger partial charge is 0.294 e. The summed E-state index contributed by atoms with van der Waals surface area (Å²) < 4.78 is 62.0. The van der Waals surface area contributed by atoms with Crippen LogP contribution in [0.4, 0.5) is 0 Å². The maximum atomic E-state index is 11.1. The van der Waals surface area contributed by atoms with Crippen molar-refractivity contribution in [2.75, 3.05) is 0 Å². The van der Waals surface area contributed by atoms with E-state index in [2.05, 4.69) is 0 Å². The van der Waals surface area contributed by atoms with E-state index in [1.807, 2.05) is 0 Å². The predicted molar refractivity (Wildman–Crippen MR) is 67.0 cm³/mol. The van der Waals surface area contributed by atoms with Gasteiger partial charge in [0.1, 0.15) is 5.75 Å². The van der Waals surface area contributed by atoms with E-state index in [0.717, 1.165) is 18.2 Å². The number of aliphatic hydroxyl groups is 1. The third-order valence-electron chi connectivity index (χ3n) is 2.84. The molecular formula is C10H10O8S2. The zero-order chi connectivity index (χ0) is 15.3. The monoisotopic (exact) mass is 322 g/mol. The molecule has 0 spiro atoms. The van der Waals surface area contributed by atoms with Crippen LogP contribution in [0.25, 0.3) is 6.08 Å². The van der Waals surface area contributed by atoms with Gasteiger partial charge in [-0.2, -0.15) is 16.8 Å². The largest absolute Gasteiger partial charge is 0.508 e. The number of hydrogen-bond acceptors (Lipinski definition) is 6. The lowest BCUT2D eigenvalue weighted by Crippen LogP contribution is -2.13. The van der Waals surface area contributed by atoms with E-state index in [1.165, 1.54) is 0 Å². The molecule has 1 unspecified atom stereocenters. The molecular weight excluding hydrogens is 312 g/mol. The number of phenolic OH excluding ortho intramolecular Hbond substituents is 1. The van der Waals surface area contributed by atoms with Crippen molar-refractivity contribution in [1.29, 1.82) is 0 Å². The van der Waals surface area contributed by atoms with Crippen LogP contribution in [0.3, 0.4) is 0 Å². The average Bonchev–Trinajstić information content (AvgIpc) is 2.25. The molecule has 0 saturated carbocycles. The Bertz CT molecular complexity index is 804. The molecule has 0 aromatic heterocycles. The fraction of sp³-hybridized carbons (Fsp3) is 0.200. The van der Waals surface area contributed by atoms with E-state index in [0.29, 0.717) is 0 Å². The van der Waals surface area contributed by atoms with Gasteiger partial charge >= 0.3 is 0 Å². The summed E-state index contributed by atoms with van der Waals surface area (Å²) in [5.41, 5.74) is -0.200. The van der Waals surface area contributed by atoms with Gasteiger partial charge in [-0.3, -0.25) is 9.11 Å². The molecule has 0 radical (unpaired) electrons. The second kappa shape index (κ2) is 4.53. The minimum absolute atomic E-state index is 0.0789. The minimum atomic E-state index is -4.61. The van der Waals surface area contributed by atoms with Crippen LogP contribution in [0, 0.1) is 0 Å². The number of benzene rings is 1. The van der Waals surface area contributed by atoms with Gasteiger partial charge in [0.05, 0.1) is 15.9 Å². The Hall–Kier alpha value is -1.46. The molecule has 1 aromatic rings. The molecule has 110 valence electrons. The zero-order valence-electron chi connectivity index (χ0n) is 9.75. The molecule has 0 bridgehead atoms. The van der Waals surface area contributed by atoms with Gasteiger partial charge in [-0.05, 0) is 17.7 Å². The van der Waals surface area contributed by atoms with Gasteiger partial charge in [-0.25, -0.2) is 0 Å². The number of hydrogen-bond donors (Lipinski definition) is 4. The van der Waals surface area contributed by atoms with Crippen molar-refractivity contribution in [2.45, 2.75) is 17.4 Å². The highest BCUT2D eigenvalue weighted by molar-refractivity contribution is 7.90. The summed E-state index contributed by atoms with van der Waals surface area (Å²) in [5, 5.41) is 19.5. The van der Waals surface area contributed by atoms with Crippen molar-refractivity contribution in [3.63, 3.8) is 0 Å². The standard InChI is InChI=1S/C10H10O8S2/c11-8-3-6(19(13,14)15)1-5-2-7(20(16,17)18)4-9(12)10(5)8/h1-3,9,11-12H,4H2,(H,13,14,15)(H,16,17,18). The maximum Gasteiger partial charge on any atom is 0.294 e. The van der Waals surface area contributed by atoms with Crippen LogP contribution in [0.5, 0.6) is 5.75 Å². The Morgan fingerprint density at radius 2 is 1.65 bits per heavy atom. The van der Waals surface area contributed by atoms with Crippen molar-refractivity contribution in [3.8, 4) is 5.75 Å².